The van der Waals surface area contributed by atoms with Crippen LogP contribution in [0.25, 0.3) is 0 Å². The van der Waals surface area contributed by atoms with Gasteiger partial charge in [-0.05, 0) is 25.2 Å². The van der Waals surface area contributed by atoms with Crippen molar-refractivity contribution in [1.29, 1.82) is 10.5 Å². The average Bonchev–Trinajstić information content (AvgIpc) is 2.10. The van der Waals surface area contributed by atoms with Crippen LogP contribution < -0.4 is 0 Å². The number of fused-ring (bicyclic) bond motifs is 1. The monoisotopic (exact) mass is 174 g/mol. The second-order valence-electron chi connectivity index (χ2n) is 4.02. The van der Waals surface area contributed by atoms with Crippen molar-refractivity contribution in [3.63, 3.8) is 0 Å². The Kier molecular flexibility index (Phi) is 1.63. The summed E-state index contributed by atoms with van der Waals surface area (Å²) in [5, 5.41) is 17.2. The zero-order valence-electron chi connectivity index (χ0n) is 7.29. The van der Waals surface area contributed by atoms with Crippen LogP contribution in [-0.2, 0) is 4.79 Å². The number of Topliss-reactive ketones (excluding diaryl/α,β-unsaturated/α-hetero) is 1. The lowest BCUT2D eigenvalue weighted by Gasteiger charge is -2.58. The highest BCUT2D eigenvalue weighted by molar-refractivity contribution is 5.84. The van der Waals surface area contributed by atoms with Gasteiger partial charge in [0.15, 0.2) is 0 Å². The molecule has 66 valence electrons. The molecule has 0 N–H and O–H groups in total. The number of nitrogens with zero attached hydrogens (tertiary/aromatic N) is 2. The van der Waals surface area contributed by atoms with Gasteiger partial charge >= 0.3 is 0 Å². The fourth-order valence-corrected chi connectivity index (χ4v) is 2.61. The molecule has 2 aliphatic rings. The van der Waals surface area contributed by atoms with Crippen LogP contribution in [0.1, 0.15) is 25.7 Å². The van der Waals surface area contributed by atoms with Gasteiger partial charge in [0.1, 0.15) is 5.78 Å². The highest BCUT2D eigenvalue weighted by Crippen LogP contribution is 2.64. The van der Waals surface area contributed by atoms with Gasteiger partial charge in [-0.15, -0.1) is 0 Å². The number of carbonyl (C=O) groups is 1. The summed E-state index contributed by atoms with van der Waals surface area (Å²) in [6.45, 7) is 0. The van der Waals surface area contributed by atoms with Gasteiger partial charge in [-0.3, -0.25) is 4.79 Å². The van der Waals surface area contributed by atoms with E-state index < -0.39 is 0 Å². The maximum absolute atomic E-state index is 11.3. The number of hydrogen-bond acceptors (Lipinski definition) is 3. The van der Waals surface area contributed by atoms with Crippen LogP contribution >= 0.6 is 0 Å². The van der Waals surface area contributed by atoms with Crippen LogP contribution in [0.2, 0.25) is 0 Å². The fourth-order valence-electron chi connectivity index (χ4n) is 2.61. The van der Waals surface area contributed by atoms with Gasteiger partial charge in [0.05, 0.1) is 24.0 Å². The first kappa shape index (κ1) is 8.26. The van der Waals surface area contributed by atoms with Crippen molar-refractivity contribution in [2.24, 2.45) is 17.3 Å². The lowest BCUT2D eigenvalue weighted by atomic mass is 9.42. The Balaban J connectivity index is 2.00. The summed E-state index contributed by atoms with van der Waals surface area (Å²) >= 11 is 0. The number of ketones is 1. The molecule has 2 aliphatic carbocycles. The van der Waals surface area contributed by atoms with Crippen molar-refractivity contribution in [2.75, 3.05) is 0 Å². The molecule has 3 atom stereocenters. The molecule has 3 heteroatoms. The average molecular weight is 174 g/mol. The van der Waals surface area contributed by atoms with Gasteiger partial charge in [0, 0.05) is 5.92 Å². The summed E-state index contributed by atoms with van der Waals surface area (Å²) in [6, 6.07) is 4.18. The molecule has 3 unspecified atom stereocenters. The molecule has 13 heavy (non-hydrogen) atoms. The standard InChI is InChI=1S/C10H10N2O/c11-4-2-9(13)7-5-10(6-12)3-1-8(7)10/h7-8H,1-3,5H2. The molecule has 2 fully saturated rings. The van der Waals surface area contributed by atoms with Crippen molar-refractivity contribution >= 4 is 5.78 Å². The summed E-state index contributed by atoms with van der Waals surface area (Å²) in [4.78, 5) is 11.3. The topological polar surface area (TPSA) is 64.7 Å². The van der Waals surface area contributed by atoms with Crippen LogP contribution in [0.4, 0.5) is 0 Å². The van der Waals surface area contributed by atoms with Gasteiger partial charge in [-0.2, -0.15) is 10.5 Å². The summed E-state index contributed by atoms with van der Waals surface area (Å²) in [6.07, 6.45) is 2.66. The molecule has 0 aromatic carbocycles. The highest BCUT2D eigenvalue weighted by Gasteiger charge is 2.62. The lowest BCUT2D eigenvalue weighted by molar-refractivity contribution is -0.146. The third-order valence-electron chi connectivity index (χ3n) is 3.57. The van der Waals surface area contributed by atoms with Crippen molar-refractivity contribution in [1.82, 2.24) is 0 Å². The predicted octanol–water partition coefficient (Wildman–Crippen LogP) is 1.41. The number of nitriles is 2. The summed E-state index contributed by atoms with van der Waals surface area (Å²) in [7, 11) is 0. The number of rotatable bonds is 2. The van der Waals surface area contributed by atoms with Gasteiger partial charge < -0.3 is 0 Å². The molecular weight excluding hydrogens is 164 g/mol. The van der Waals surface area contributed by atoms with Gasteiger partial charge in [0.2, 0.25) is 0 Å². The van der Waals surface area contributed by atoms with E-state index >= 15 is 0 Å². The van der Waals surface area contributed by atoms with E-state index in [0.29, 0.717) is 6.42 Å². The minimum absolute atomic E-state index is 0.0165. The Hall–Kier alpha value is -1.35. The Morgan fingerprint density at radius 3 is 2.69 bits per heavy atom. The quantitative estimate of drug-likeness (QED) is 0.635. The van der Waals surface area contributed by atoms with E-state index in [2.05, 4.69) is 6.07 Å². The van der Waals surface area contributed by atoms with E-state index in [1.165, 1.54) is 0 Å². The second kappa shape index (κ2) is 2.57. The van der Waals surface area contributed by atoms with Crippen LogP contribution in [0.3, 0.4) is 0 Å². The third-order valence-corrected chi connectivity index (χ3v) is 3.57. The van der Waals surface area contributed by atoms with Crippen LogP contribution in [0.5, 0.6) is 0 Å². The van der Waals surface area contributed by atoms with Crippen LogP contribution in [0, 0.1) is 39.9 Å². The molecule has 0 aromatic rings. The minimum Gasteiger partial charge on any atom is -0.298 e. The Morgan fingerprint density at radius 2 is 2.31 bits per heavy atom. The summed E-state index contributed by atoms with van der Waals surface area (Å²) < 4.78 is 0. The molecule has 0 aromatic heterocycles. The van der Waals surface area contributed by atoms with Crippen molar-refractivity contribution < 1.29 is 4.79 Å². The first-order valence-corrected chi connectivity index (χ1v) is 4.54. The lowest BCUT2D eigenvalue weighted by Crippen LogP contribution is -2.57. The maximum Gasteiger partial charge on any atom is 0.150 e. The SMILES string of the molecule is N#CCC(=O)C1CC2(C#N)CCC12. The first-order chi connectivity index (χ1) is 6.23. The Morgan fingerprint density at radius 1 is 1.54 bits per heavy atom. The Bertz CT molecular complexity index is 336. The molecular formula is C10H10N2O. The zero-order chi connectivity index (χ0) is 9.47. The molecule has 0 spiro atoms. The molecule has 0 saturated heterocycles. The fraction of sp³-hybridized carbons (Fsp3) is 0.700. The van der Waals surface area contributed by atoms with Crippen molar-refractivity contribution in [3.05, 3.63) is 0 Å². The largest absolute Gasteiger partial charge is 0.298 e. The number of hydrogen-bond donors (Lipinski definition) is 0. The van der Waals surface area contributed by atoms with Gasteiger partial charge in [0.25, 0.3) is 0 Å². The van der Waals surface area contributed by atoms with Crippen LogP contribution in [0.15, 0.2) is 0 Å². The molecule has 0 aliphatic heterocycles. The molecule has 2 saturated carbocycles. The minimum atomic E-state index is -0.171. The third kappa shape index (κ3) is 0.906. The van der Waals surface area contributed by atoms with Crippen molar-refractivity contribution in [2.45, 2.75) is 25.7 Å². The molecule has 0 amide bonds. The van der Waals surface area contributed by atoms with E-state index in [1.54, 1.807) is 0 Å². The Labute approximate surface area is 77.0 Å². The first-order valence-electron chi connectivity index (χ1n) is 4.54. The maximum atomic E-state index is 11.3. The molecule has 2 rings (SSSR count). The van der Waals surface area contributed by atoms with E-state index in [-0.39, 0.29) is 29.5 Å². The van der Waals surface area contributed by atoms with Gasteiger partial charge in [-0.1, -0.05) is 0 Å². The van der Waals surface area contributed by atoms with E-state index in [4.69, 9.17) is 10.5 Å². The molecule has 0 heterocycles. The van der Waals surface area contributed by atoms with E-state index in [9.17, 15) is 4.79 Å². The summed E-state index contributed by atoms with van der Waals surface area (Å²) in [5.74, 6) is 0.337. The predicted molar refractivity (Wildman–Crippen MR) is 44.1 cm³/mol. The smallest absolute Gasteiger partial charge is 0.150 e. The summed E-state index contributed by atoms with van der Waals surface area (Å²) in [5.41, 5.74) is -0.171. The zero-order valence-corrected chi connectivity index (χ0v) is 7.29. The van der Waals surface area contributed by atoms with Gasteiger partial charge in [-0.25, -0.2) is 0 Å². The van der Waals surface area contributed by atoms with E-state index in [1.807, 2.05) is 6.07 Å². The van der Waals surface area contributed by atoms with Crippen LogP contribution in [-0.4, -0.2) is 5.78 Å². The molecule has 0 radical (unpaired) electrons. The second-order valence-corrected chi connectivity index (χ2v) is 4.02. The normalized spacial score (nSPS) is 40.2. The number of carbonyl (C=O) groups excluding carboxylic acids is 1. The van der Waals surface area contributed by atoms with Crippen molar-refractivity contribution in [3.8, 4) is 12.1 Å². The molecule has 3 nitrogen and oxygen atoms in total. The molecule has 0 bridgehead atoms. The highest BCUT2D eigenvalue weighted by atomic mass is 16.1. The van der Waals surface area contributed by atoms with E-state index in [0.717, 1.165) is 12.8 Å².